The van der Waals surface area contributed by atoms with E-state index in [1.54, 1.807) is 18.7 Å². The van der Waals surface area contributed by atoms with Crippen molar-refractivity contribution >= 4 is 22.4 Å². The lowest BCUT2D eigenvalue weighted by Crippen LogP contribution is -2.47. The van der Waals surface area contributed by atoms with Crippen LogP contribution < -0.4 is 14.5 Å². The standard InChI is InChI=1S/C21H21N7O/c22-12-19-20(24-6-5-23-19)28-9-7-27(8-10-28)16-3-4-18-17(11-16)21(26-14-25-18)29-13-15-1-2-15/h3-6,11,14-15H,1-2,7-10,13H2. The lowest BCUT2D eigenvalue weighted by atomic mass is 10.2. The second kappa shape index (κ2) is 7.51. The number of rotatable bonds is 5. The van der Waals surface area contributed by atoms with Gasteiger partial charge < -0.3 is 14.5 Å². The topological polar surface area (TPSA) is 91.1 Å². The smallest absolute Gasteiger partial charge is 0.224 e. The first-order valence-electron chi connectivity index (χ1n) is 9.90. The zero-order valence-corrected chi connectivity index (χ0v) is 16.0. The number of benzene rings is 1. The Morgan fingerprint density at radius 2 is 1.79 bits per heavy atom. The molecule has 0 atom stereocenters. The van der Waals surface area contributed by atoms with Gasteiger partial charge in [-0.3, -0.25) is 0 Å². The SMILES string of the molecule is N#Cc1nccnc1N1CCN(c2ccc3ncnc(OCC4CC4)c3c2)CC1. The third-order valence-electron chi connectivity index (χ3n) is 5.46. The van der Waals surface area contributed by atoms with Crippen LogP contribution in [0.4, 0.5) is 11.5 Å². The van der Waals surface area contributed by atoms with Crippen molar-refractivity contribution in [1.29, 1.82) is 5.26 Å². The van der Waals surface area contributed by atoms with Gasteiger partial charge in [0.1, 0.15) is 12.4 Å². The highest BCUT2D eigenvalue weighted by Crippen LogP contribution is 2.32. The van der Waals surface area contributed by atoms with Crippen molar-refractivity contribution in [3.63, 3.8) is 0 Å². The highest BCUT2D eigenvalue weighted by Gasteiger charge is 2.24. The molecular formula is C21H21N7O. The first kappa shape index (κ1) is 17.6. The van der Waals surface area contributed by atoms with Crippen LogP contribution in [0.3, 0.4) is 0 Å². The highest BCUT2D eigenvalue weighted by molar-refractivity contribution is 5.86. The van der Waals surface area contributed by atoms with Gasteiger partial charge in [-0.15, -0.1) is 0 Å². The number of nitriles is 1. The number of hydrogen-bond donors (Lipinski definition) is 0. The lowest BCUT2D eigenvalue weighted by Gasteiger charge is -2.36. The summed E-state index contributed by atoms with van der Waals surface area (Å²) >= 11 is 0. The molecule has 2 aliphatic rings. The Balaban J connectivity index is 1.33. The minimum atomic E-state index is 0.376. The van der Waals surface area contributed by atoms with Gasteiger partial charge in [-0.2, -0.15) is 5.26 Å². The van der Waals surface area contributed by atoms with Gasteiger partial charge in [0, 0.05) is 44.3 Å². The molecule has 1 aliphatic heterocycles. The molecule has 8 heteroatoms. The van der Waals surface area contributed by atoms with Crippen LogP contribution in [0, 0.1) is 17.2 Å². The summed E-state index contributed by atoms with van der Waals surface area (Å²) < 4.78 is 5.96. The number of hydrogen-bond acceptors (Lipinski definition) is 8. The Kier molecular flexibility index (Phi) is 4.56. The fourth-order valence-electron chi connectivity index (χ4n) is 3.63. The van der Waals surface area contributed by atoms with Gasteiger partial charge >= 0.3 is 0 Å². The fourth-order valence-corrected chi connectivity index (χ4v) is 3.63. The monoisotopic (exact) mass is 387 g/mol. The molecule has 0 amide bonds. The van der Waals surface area contributed by atoms with Crippen molar-refractivity contribution in [2.45, 2.75) is 12.8 Å². The van der Waals surface area contributed by atoms with E-state index in [1.807, 2.05) is 6.07 Å². The summed E-state index contributed by atoms with van der Waals surface area (Å²) in [6, 6.07) is 8.37. The maximum Gasteiger partial charge on any atom is 0.224 e. The van der Waals surface area contributed by atoms with Gasteiger partial charge in [-0.1, -0.05) is 0 Å². The molecule has 1 saturated carbocycles. The maximum absolute atomic E-state index is 9.27. The third kappa shape index (κ3) is 3.63. The fraction of sp³-hybridized carbons (Fsp3) is 0.381. The largest absolute Gasteiger partial charge is 0.477 e. The van der Waals surface area contributed by atoms with Gasteiger partial charge in [0.15, 0.2) is 11.5 Å². The second-order valence-corrected chi connectivity index (χ2v) is 7.45. The molecule has 3 aromatic rings. The quantitative estimate of drug-likeness (QED) is 0.659. The average Bonchev–Trinajstić information content (AvgIpc) is 3.62. The van der Waals surface area contributed by atoms with Crippen LogP contribution in [0.2, 0.25) is 0 Å². The summed E-state index contributed by atoms with van der Waals surface area (Å²) in [7, 11) is 0. The summed E-state index contributed by atoms with van der Waals surface area (Å²) in [5.74, 6) is 2.01. The van der Waals surface area contributed by atoms with Crippen molar-refractivity contribution in [2.75, 3.05) is 42.6 Å². The molecule has 0 radical (unpaired) electrons. The van der Waals surface area contributed by atoms with E-state index in [0.29, 0.717) is 23.3 Å². The molecule has 1 aliphatic carbocycles. The van der Waals surface area contributed by atoms with E-state index >= 15 is 0 Å². The van der Waals surface area contributed by atoms with Gasteiger partial charge in [0.05, 0.1) is 17.5 Å². The van der Waals surface area contributed by atoms with Gasteiger partial charge in [-0.05, 0) is 37.0 Å². The van der Waals surface area contributed by atoms with Crippen LogP contribution in [-0.4, -0.2) is 52.7 Å². The van der Waals surface area contributed by atoms with Gasteiger partial charge in [0.25, 0.3) is 0 Å². The Morgan fingerprint density at radius 3 is 2.59 bits per heavy atom. The van der Waals surface area contributed by atoms with E-state index in [9.17, 15) is 5.26 Å². The molecule has 0 bridgehead atoms. The van der Waals surface area contributed by atoms with Gasteiger partial charge in [0.2, 0.25) is 5.88 Å². The van der Waals surface area contributed by atoms with Crippen molar-refractivity contribution in [1.82, 2.24) is 19.9 Å². The maximum atomic E-state index is 9.27. The molecule has 0 N–H and O–H groups in total. The molecule has 29 heavy (non-hydrogen) atoms. The molecule has 5 rings (SSSR count). The predicted molar refractivity (Wildman–Crippen MR) is 109 cm³/mol. The first-order chi connectivity index (χ1) is 14.3. The molecule has 2 aromatic heterocycles. The zero-order valence-electron chi connectivity index (χ0n) is 16.0. The average molecular weight is 387 g/mol. The number of anilines is 2. The van der Waals surface area contributed by atoms with Crippen molar-refractivity contribution in [3.05, 3.63) is 42.6 Å². The molecule has 146 valence electrons. The zero-order chi connectivity index (χ0) is 19.6. The van der Waals surface area contributed by atoms with E-state index in [4.69, 9.17) is 4.74 Å². The normalized spacial score (nSPS) is 16.7. The Bertz CT molecular complexity index is 1070. The minimum absolute atomic E-state index is 0.376. The summed E-state index contributed by atoms with van der Waals surface area (Å²) in [5.41, 5.74) is 2.40. The Labute approximate surface area is 168 Å². The number of aromatic nitrogens is 4. The number of fused-ring (bicyclic) bond motifs is 1. The number of ether oxygens (including phenoxy) is 1. The van der Waals surface area contributed by atoms with Crippen LogP contribution in [0.15, 0.2) is 36.9 Å². The number of piperazine rings is 1. The molecular weight excluding hydrogens is 366 g/mol. The molecule has 1 aromatic carbocycles. The van der Waals surface area contributed by atoms with Crippen LogP contribution in [0.25, 0.3) is 10.9 Å². The van der Waals surface area contributed by atoms with Crippen LogP contribution >= 0.6 is 0 Å². The van der Waals surface area contributed by atoms with Gasteiger partial charge in [-0.25, -0.2) is 19.9 Å². The molecule has 3 heterocycles. The van der Waals surface area contributed by atoms with Crippen molar-refractivity contribution in [3.8, 4) is 11.9 Å². The van der Waals surface area contributed by atoms with Crippen LogP contribution in [-0.2, 0) is 0 Å². The summed E-state index contributed by atoms with van der Waals surface area (Å²) in [6.45, 7) is 3.95. The van der Waals surface area contributed by atoms with Crippen molar-refractivity contribution < 1.29 is 4.74 Å². The Morgan fingerprint density at radius 1 is 1.00 bits per heavy atom. The van der Waals surface area contributed by atoms with E-state index < -0.39 is 0 Å². The number of nitrogens with zero attached hydrogens (tertiary/aromatic N) is 7. The Hall–Kier alpha value is -3.47. The molecule has 1 saturated heterocycles. The van der Waals surface area contributed by atoms with Crippen LogP contribution in [0.5, 0.6) is 5.88 Å². The highest BCUT2D eigenvalue weighted by atomic mass is 16.5. The van der Waals surface area contributed by atoms with Crippen molar-refractivity contribution in [2.24, 2.45) is 5.92 Å². The third-order valence-corrected chi connectivity index (χ3v) is 5.46. The van der Waals surface area contributed by atoms with E-state index in [2.05, 4.69) is 47.9 Å². The van der Waals surface area contributed by atoms with Crippen LogP contribution in [0.1, 0.15) is 18.5 Å². The second-order valence-electron chi connectivity index (χ2n) is 7.45. The van der Waals surface area contributed by atoms with E-state index in [1.165, 1.54) is 12.8 Å². The first-order valence-corrected chi connectivity index (χ1v) is 9.90. The molecule has 0 unspecified atom stereocenters. The predicted octanol–water partition coefficient (Wildman–Crippen LogP) is 2.41. The lowest BCUT2D eigenvalue weighted by molar-refractivity contribution is 0.292. The van der Waals surface area contributed by atoms with E-state index in [0.717, 1.165) is 49.4 Å². The molecule has 2 fully saturated rings. The minimum Gasteiger partial charge on any atom is -0.477 e. The molecule has 8 nitrogen and oxygen atoms in total. The van der Waals surface area contributed by atoms with E-state index in [-0.39, 0.29) is 0 Å². The molecule has 0 spiro atoms. The summed E-state index contributed by atoms with van der Waals surface area (Å²) in [4.78, 5) is 21.7. The summed E-state index contributed by atoms with van der Waals surface area (Å²) in [5, 5.41) is 10.2. The summed E-state index contributed by atoms with van der Waals surface area (Å²) in [6.07, 6.45) is 7.25.